The van der Waals surface area contributed by atoms with Gasteiger partial charge in [-0.2, -0.15) is 5.10 Å². The van der Waals surface area contributed by atoms with E-state index in [2.05, 4.69) is 5.10 Å². The number of fused-ring (bicyclic) bond motifs is 1. The maximum absolute atomic E-state index is 9.95. The van der Waals surface area contributed by atoms with Crippen molar-refractivity contribution in [3.63, 3.8) is 0 Å². The minimum Gasteiger partial charge on any atom is -0.387 e. The van der Waals surface area contributed by atoms with Gasteiger partial charge in [-0.05, 0) is 19.0 Å². The summed E-state index contributed by atoms with van der Waals surface area (Å²) >= 11 is 0. The van der Waals surface area contributed by atoms with Gasteiger partial charge in [-0.3, -0.25) is 4.68 Å². The van der Waals surface area contributed by atoms with E-state index in [9.17, 15) is 5.11 Å². The fourth-order valence-electron chi connectivity index (χ4n) is 1.86. The molecule has 0 fully saturated rings. The highest BCUT2D eigenvalue weighted by atomic mass is 16.3. The Balaban J connectivity index is 2.53. The third-order valence-electron chi connectivity index (χ3n) is 2.54. The lowest BCUT2D eigenvalue weighted by Crippen LogP contribution is -2.10. The van der Waals surface area contributed by atoms with Crippen molar-refractivity contribution in [2.75, 3.05) is 6.54 Å². The molecule has 0 amide bonds. The summed E-state index contributed by atoms with van der Waals surface area (Å²) in [5.74, 6) is 0. The first-order chi connectivity index (χ1) is 7.24. The summed E-state index contributed by atoms with van der Waals surface area (Å²) in [6.07, 6.45) is 0.0242. The van der Waals surface area contributed by atoms with Gasteiger partial charge < -0.3 is 10.8 Å². The third-order valence-corrected chi connectivity index (χ3v) is 2.54. The minimum atomic E-state index is -0.535. The lowest BCUT2D eigenvalue weighted by Gasteiger charge is -2.09. The first-order valence-electron chi connectivity index (χ1n) is 5.04. The van der Waals surface area contributed by atoms with Gasteiger partial charge in [0, 0.05) is 12.4 Å². The average molecular weight is 205 g/mol. The van der Waals surface area contributed by atoms with Gasteiger partial charge in [0.2, 0.25) is 0 Å². The highest BCUT2D eigenvalue weighted by Gasteiger charge is 2.15. The molecule has 0 saturated heterocycles. The molecule has 1 aromatic heterocycles. The van der Waals surface area contributed by atoms with Crippen molar-refractivity contribution in [1.82, 2.24) is 9.78 Å². The van der Waals surface area contributed by atoms with Crippen LogP contribution in [0.3, 0.4) is 0 Å². The first-order valence-corrected chi connectivity index (χ1v) is 5.04. The van der Waals surface area contributed by atoms with Crippen molar-refractivity contribution in [2.45, 2.75) is 12.5 Å². The van der Waals surface area contributed by atoms with Crippen LogP contribution in [0.25, 0.3) is 10.9 Å². The molecule has 0 aliphatic carbocycles. The quantitative estimate of drug-likeness (QED) is 0.784. The van der Waals surface area contributed by atoms with Crippen molar-refractivity contribution in [3.05, 3.63) is 30.0 Å². The van der Waals surface area contributed by atoms with Crippen LogP contribution in [-0.4, -0.2) is 21.4 Å². The number of aromatic nitrogens is 2. The van der Waals surface area contributed by atoms with Crippen molar-refractivity contribution < 1.29 is 5.11 Å². The number of nitrogens with zero attached hydrogens (tertiary/aromatic N) is 2. The molecule has 1 atom stereocenters. The first kappa shape index (κ1) is 10.1. The van der Waals surface area contributed by atoms with E-state index in [1.165, 1.54) is 0 Å². The zero-order valence-corrected chi connectivity index (χ0v) is 8.72. The van der Waals surface area contributed by atoms with Crippen LogP contribution in [0.4, 0.5) is 0 Å². The fraction of sp³-hybridized carbons (Fsp3) is 0.364. The molecular formula is C11H15N3O. The number of aliphatic hydroxyl groups is 1. The Morgan fingerprint density at radius 3 is 2.93 bits per heavy atom. The van der Waals surface area contributed by atoms with Crippen LogP contribution >= 0.6 is 0 Å². The molecule has 0 aliphatic heterocycles. The van der Waals surface area contributed by atoms with Crippen LogP contribution in [0.15, 0.2) is 24.3 Å². The normalized spacial score (nSPS) is 13.3. The topological polar surface area (TPSA) is 64.1 Å². The van der Waals surface area contributed by atoms with Crippen molar-refractivity contribution in [1.29, 1.82) is 0 Å². The molecule has 0 saturated carbocycles. The second-order valence-corrected chi connectivity index (χ2v) is 3.62. The molecule has 1 aromatic carbocycles. The SMILES string of the molecule is Cn1nc2ccccc2c1[C@H](O)CCN. The van der Waals surface area contributed by atoms with Gasteiger partial charge in [0.25, 0.3) is 0 Å². The van der Waals surface area contributed by atoms with E-state index in [0.717, 1.165) is 16.6 Å². The zero-order chi connectivity index (χ0) is 10.8. The Bertz CT molecular complexity index is 464. The third kappa shape index (κ3) is 1.73. The summed E-state index contributed by atoms with van der Waals surface area (Å²) in [6.45, 7) is 0.473. The summed E-state index contributed by atoms with van der Waals surface area (Å²) < 4.78 is 1.73. The van der Waals surface area contributed by atoms with Gasteiger partial charge >= 0.3 is 0 Å². The van der Waals surface area contributed by atoms with E-state index in [4.69, 9.17) is 5.73 Å². The molecule has 0 radical (unpaired) electrons. The van der Waals surface area contributed by atoms with Crippen LogP contribution in [0.5, 0.6) is 0 Å². The van der Waals surface area contributed by atoms with Gasteiger partial charge in [-0.15, -0.1) is 0 Å². The summed E-state index contributed by atoms with van der Waals surface area (Å²) in [5.41, 5.74) is 7.19. The minimum absolute atomic E-state index is 0.473. The van der Waals surface area contributed by atoms with Crippen LogP contribution in [0.2, 0.25) is 0 Å². The molecule has 4 heteroatoms. The second-order valence-electron chi connectivity index (χ2n) is 3.62. The van der Waals surface area contributed by atoms with Gasteiger partial charge in [0.15, 0.2) is 0 Å². The lowest BCUT2D eigenvalue weighted by molar-refractivity contribution is 0.162. The van der Waals surface area contributed by atoms with Crippen molar-refractivity contribution in [2.24, 2.45) is 12.8 Å². The number of rotatable bonds is 3. The molecule has 3 N–H and O–H groups in total. The number of benzene rings is 1. The Morgan fingerprint density at radius 2 is 2.20 bits per heavy atom. The van der Waals surface area contributed by atoms with Crippen LogP contribution in [0, 0.1) is 0 Å². The summed E-state index contributed by atoms with van der Waals surface area (Å²) in [5, 5.41) is 15.3. The van der Waals surface area contributed by atoms with Gasteiger partial charge in [0.05, 0.1) is 17.3 Å². The Morgan fingerprint density at radius 1 is 1.47 bits per heavy atom. The van der Waals surface area contributed by atoms with Gasteiger partial charge in [0.1, 0.15) is 0 Å². The largest absolute Gasteiger partial charge is 0.387 e. The molecule has 15 heavy (non-hydrogen) atoms. The lowest BCUT2D eigenvalue weighted by atomic mass is 10.1. The van der Waals surface area contributed by atoms with Gasteiger partial charge in [-0.25, -0.2) is 0 Å². The molecule has 2 aromatic rings. The van der Waals surface area contributed by atoms with E-state index in [1.54, 1.807) is 4.68 Å². The molecule has 1 heterocycles. The average Bonchev–Trinajstić information content (AvgIpc) is 2.54. The van der Waals surface area contributed by atoms with E-state index < -0.39 is 6.10 Å². The van der Waals surface area contributed by atoms with Gasteiger partial charge in [-0.1, -0.05) is 18.2 Å². The summed E-state index contributed by atoms with van der Waals surface area (Å²) in [6, 6.07) is 7.79. The highest BCUT2D eigenvalue weighted by molar-refractivity contribution is 5.81. The predicted octanol–water partition coefficient (Wildman–Crippen LogP) is 0.955. The fourth-order valence-corrected chi connectivity index (χ4v) is 1.86. The van der Waals surface area contributed by atoms with Crippen LogP contribution in [0.1, 0.15) is 18.2 Å². The predicted molar refractivity (Wildman–Crippen MR) is 59.3 cm³/mol. The molecule has 0 aliphatic rings. The number of aryl methyl sites for hydroxylation is 1. The smallest absolute Gasteiger partial charge is 0.0974 e. The maximum atomic E-state index is 9.95. The van der Waals surface area contributed by atoms with Crippen LogP contribution < -0.4 is 5.73 Å². The molecule has 4 nitrogen and oxygen atoms in total. The summed E-state index contributed by atoms with van der Waals surface area (Å²) in [7, 11) is 1.84. The van der Waals surface area contributed by atoms with E-state index in [0.29, 0.717) is 13.0 Å². The molecule has 0 spiro atoms. The van der Waals surface area contributed by atoms with E-state index in [-0.39, 0.29) is 0 Å². The molecule has 80 valence electrons. The molecule has 2 rings (SSSR count). The molecule has 0 unspecified atom stereocenters. The van der Waals surface area contributed by atoms with E-state index >= 15 is 0 Å². The standard InChI is InChI=1S/C11H15N3O/c1-14-11(10(15)6-7-12)8-4-2-3-5-9(8)13-14/h2-5,10,15H,6-7,12H2,1H3/t10-/m1/s1. The highest BCUT2D eigenvalue weighted by Crippen LogP contribution is 2.24. The van der Waals surface area contributed by atoms with E-state index in [1.807, 2.05) is 31.3 Å². The maximum Gasteiger partial charge on any atom is 0.0974 e. The zero-order valence-electron chi connectivity index (χ0n) is 8.72. The number of aliphatic hydroxyl groups excluding tert-OH is 1. The number of hydrogen-bond acceptors (Lipinski definition) is 3. The monoisotopic (exact) mass is 205 g/mol. The van der Waals surface area contributed by atoms with Crippen molar-refractivity contribution in [3.8, 4) is 0 Å². The van der Waals surface area contributed by atoms with Crippen molar-refractivity contribution >= 4 is 10.9 Å². The number of hydrogen-bond donors (Lipinski definition) is 2. The summed E-state index contributed by atoms with van der Waals surface area (Å²) in [4.78, 5) is 0. The Hall–Kier alpha value is -1.39. The Kier molecular flexibility index (Phi) is 2.70. The molecular weight excluding hydrogens is 190 g/mol. The molecule has 0 bridgehead atoms. The number of nitrogens with two attached hydrogens (primary N) is 1. The second kappa shape index (κ2) is 4.00. The Labute approximate surface area is 88.3 Å². The van der Waals surface area contributed by atoms with Crippen LogP contribution in [-0.2, 0) is 7.05 Å².